The van der Waals surface area contributed by atoms with E-state index >= 15 is 0 Å². The number of rotatable bonds is 6. The molecule has 7 heteroatoms. The number of nitrogens with one attached hydrogen (secondary N) is 1. The summed E-state index contributed by atoms with van der Waals surface area (Å²) in [6.07, 6.45) is 5.38. The predicted octanol–water partition coefficient (Wildman–Crippen LogP) is 0.568. The Bertz CT molecular complexity index is 701. The summed E-state index contributed by atoms with van der Waals surface area (Å²) in [5.74, 6) is 0.627. The number of carbonyl (C=O) groups excluding carboxylic acids is 1. The maximum atomic E-state index is 12.3. The van der Waals surface area contributed by atoms with Crippen LogP contribution >= 0.6 is 0 Å². The van der Waals surface area contributed by atoms with Gasteiger partial charge in [-0.25, -0.2) is 4.79 Å². The van der Waals surface area contributed by atoms with Crippen LogP contribution in [0.15, 0.2) is 15.7 Å². The fourth-order valence-corrected chi connectivity index (χ4v) is 4.15. The van der Waals surface area contributed by atoms with E-state index in [9.17, 15) is 14.4 Å². The average molecular weight is 348 g/mol. The zero-order valence-electron chi connectivity index (χ0n) is 15.2. The molecule has 2 fully saturated rings. The lowest BCUT2D eigenvalue weighted by Gasteiger charge is -2.25. The molecule has 0 bridgehead atoms. The number of aryl methyl sites for hydroxylation is 1. The van der Waals surface area contributed by atoms with E-state index in [0.29, 0.717) is 37.2 Å². The minimum absolute atomic E-state index is 0.266. The normalized spacial score (nSPS) is 21.6. The number of aromatic nitrogens is 2. The van der Waals surface area contributed by atoms with Crippen LogP contribution in [0.2, 0.25) is 0 Å². The summed E-state index contributed by atoms with van der Waals surface area (Å²) in [7, 11) is 1.98. The molecule has 1 unspecified atom stereocenters. The van der Waals surface area contributed by atoms with Crippen LogP contribution in [0.4, 0.5) is 0 Å². The van der Waals surface area contributed by atoms with Crippen LogP contribution in [-0.2, 0) is 11.3 Å². The lowest BCUT2D eigenvalue weighted by molar-refractivity contribution is -0.129. The van der Waals surface area contributed by atoms with Gasteiger partial charge in [0.15, 0.2) is 0 Å². The van der Waals surface area contributed by atoms with E-state index in [-0.39, 0.29) is 17.2 Å². The van der Waals surface area contributed by atoms with Gasteiger partial charge in [-0.3, -0.25) is 14.2 Å². The van der Waals surface area contributed by atoms with Gasteiger partial charge in [0.25, 0.3) is 5.56 Å². The number of nitrogens with zero attached hydrogens (tertiary/aromatic N) is 3. The van der Waals surface area contributed by atoms with Crippen LogP contribution in [0.5, 0.6) is 0 Å². The monoisotopic (exact) mass is 348 g/mol. The third kappa shape index (κ3) is 4.21. The number of amides is 1. The number of hydrogen-bond acceptors (Lipinski definition) is 4. The first kappa shape index (κ1) is 17.9. The van der Waals surface area contributed by atoms with Crippen LogP contribution in [0.3, 0.4) is 0 Å². The Labute approximate surface area is 147 Å². The maximum absolute atomic E-state index is 12.3. The van der Waals surface area contributed by atoms with Gasteiger partial charge in [0.05, 0.1) is 0 Å². The molecule has 1 N–H and O–H groups in total. The van der Waals surface area contributed by atoms with Crippen molar-refractivity contribution < 1.29 is 4.79 Å². The molecule has 25 heavy (non-hydrogen) atoms. The number of carbonyl (C=O) groups is 1. The second kappa shape index (κ2) is 7.56. The smallest absolute Gasteiger partial charge is 0.328 e. The van der Waals surface area contributed by atoms with Crippen LogP contribution in [-0.4, -0.2) is 58.0 Å². The Kier molecular flexibility index (Phi) is 5.42. The van der Waals surface area contributed by atoms with E-state index in [4.69, 9.17) is 0 Å². The van der Waals surface area contributed by atoms with Gasteiger partial charge in [0.2, 0.25) is 5.91 Å². The summed E-state index contributed by atoms with van der Waals surface area (Å²) in [5, 5.41) is 0. The summed E-state index contributed by atoms with van der Waals surface area (Å²) >= 11 is 0. The molecule has 2 aliphatic rings. The Balaban J connectivity index is 1.52. The van der Waals surface area contributed by atoms with E-state index in [1.165, 1.54) is 23.5 Å². The fourth-order valence-electron chi connectivity index (χ4n) is 4.15. The van der Waals surface area contributed by atoms with Crippen molar-refractivity contribution in [1.82, 2.24) is 19.4 Å². The van der Waals surface area contributed by atoms with Crippen LogP contribution in [0.25, 0.3) is 0 Å². The molecule has 138 valence electrons. The van der Waals surface area contributed by atoms with Gasteiger partial charge in [-0.05, 0) is 32.7 Å². The molecule has 1 aliphatic carbocycles. The van der Waals surface area contributed by atoms with Crippen LogP contribution in [0.1, 0.15) is 37.8 Å². The first-order chi connectivity index (χ1) is 11.9. The summed E-state index contributed by atoms with van der Waals surface area (Å²) in [4.78, 5) is 42.9. The zero-order valence-corrected chi connectivity index (χ0v) is 15.2. The summed E-state index contributed by atoms with van der Waals surface area (Å²) < 4.78 is 1.23. The third-order valence-electron chi connectivity index (χ3n) is 5.43. The Morgan fingerprint density at radius 1 is 1.24 bits per heavy atom. The van der Waals surface area contributed by atoms with Crippen molar-refractivity contribution in [3.05, 3.63) is 32.6 Å². The van der Waals surface area contributed by atoms with Crippen molar-refractivity contribution in [3.8, 4) is 0 Å². The number of H-pyrrole nitrogens is 1. The van der Waals surface area contributed by atoms with E-state index in [2.05, 4.69) is 14.8 Å². The fraction of sp³-hybridized carbons (Fsp3) is 0.722. The van der Waals surface area contributed by atoms with E-state index in [0.717, 1.165) is 25.9 Å². The van der Waals surface area contributed by atoms with Crippen molar-refractivity contribution >= 4 is 5.91 Å². The van der Waals surface area contributed by atoms with Gasteiger partial charge in [-0.2, -0.15) is 0 Å². The predicted molar refractivity (Wildman–Crippen MR) is 95.6 cm³/mol. The van der Waals surface area contributed by atoms with E-state index in [1.807, 2.05) is 7.05 Å². The largest absolute Gasteiger partial charge is 0.339 e. The van der Waals surface area contributed by atoms with Gasteiger partial charge in [-0.15, -0.1) is 0 Å². The molecule has 0 radical (unpaired) electrons. The molecule has 1 aromatic rings. The van der Waals surface area contributed by atoms with E-state index in [1.54, 1.807) is 6.92 Å². The highest BCUT2D eigenvalue weighted by Gasteiger charge is 2.35. The molecule has 1 saturated heterocycles. The molecule has 1 amide bonds. The molecule has 1 aromatic heterocycles. The summed E-state index contributed by atoms with van der Waals surface area (Å²) in [5.41, 5.74) is -0.0453. The van der Waals surface area contributed by atoms with Crippen molar-refractivity contribution in [2.24, 2.45) is 5.92 Å². The van der Waals surface area contributed by atoms with Gasteiger partial charge in [-0.1, -0.05) is 12.8 Å². The van der Waals surface area contributed by atoms with Crippen molar-refractivity contribution in [3.63, 3.8) is 0 Å². The van der Waals surface area contributed by atoms with E-state index < -0.39 is 0 Å². The van der Waals surface area contributed by atoms with Crippen molar-refractivity contribution in [2.45, 2.75) is 51.6 Å². The lowest BCUT2D eigenvalue weighted by Crippen LogP contribution is -2.39. The number of likely N-dealkylation sites (tertiary alicyclic amines) is 1. The molecule has 1 aliphatic heterocycles. The molecular formula is C18H28N4O3. The molecule has 1 atom stereocenters. The Morgan fingerprint density at radius 3 is 2.64 bits per heavy atom. The van der Waals surface area contributed by atoms with Gasteiger partial charge in [0, 0.05) is 50.4 Å². The van der Waals surface area contributed by atoms with Crippen LogP contribution < -0.4 is 11.2 Å². The summed E-state index contributed by atoms with van der Waals surface area (Å²) in [6, 6.07) is 1.89. The first-order valence-corrected chi connectivity index (χ1v) is 9.23. The Morgan fingerprint density at radius 2 is 1.96 bits per heavy atom. The van der Waals surface area contributed by atoms with Gasteiger partial charge in [0.1, 0.15) is 0 Å². The minimum atomic E-state index is -0.359. The van der Waals surface area contributed by atoms with Crippen molar-refractivity contribution in [2.75, 3.05) is 26.7 Å². The molecule has 0 aromatic carbocycles. The minimum Gasteiger partial charge on any atom is -0.339 e. The number of hydrogen-bond donors (Lipinski definition) is 1. The second-order valence-corrected chi connectivity index (χ2v) is 7.56. The zero-order chi connectivity index (χ0) is 18.0. The average Bonchev–Trinajstić information content (AvgIpc) is 3.15. The molecule has 0 spiro atoms. The van der Waals surface area contributed by atoms with Gasteiger partial charge >= 0.3 is 5.69 Å². The highest BCUT2D eigenvalue weighted by Crippen LogP contribution is 2.29. The standard InChI is InChI=1S/C18H28N4O3/c1-13-9-16(23)21(18(25)19-13)8-7-20(2)11-14-10-17(24)22(12-14)15-5-3-4-6-15/h9,14-15H,3-8,10-12H2,1-2H3,(H,19,25). The lowest BCUT2D eigenvalue weighted by atomic mass is 10.1. The van der Waals surface area contributed by atoms with Crippen LogP contribution in [0, 0.1) is 12.8 Å². The van der Waals surface area contributed by atoms with Crippen molar-refractivity contribution in [1.29, 1.82) is 0 Å². The number of likely N-dealkylation sites (N-methyl/N-ethyl adjacent to an activating group) is 1. The SMILES string of the molecule is Cc1cc(=O)n(CCN(C)CC2CC(=O)N(C3CCCC3)C2)c(=O)[nH]1. The molecule has 7 nitrogen and oxygen atoms in total. The molecule has 2 heterocycles. The second-order valence-electron chi connectivity index (χ2n) is 7.56. The molecule has 1 saturated carbocycles. The Hall–Kier alpha value is -1.89. The molecular weight excluding hydrogens is 320 g/mol. The number of aromatic amines is 1. The topological polar surface area (TPSA) is 78.4 Å². The molecule has 3 rings (SSSR count). The van der Waals surface area contributed by atoms with Gasteiger partial charge < -0.3 is 14.8 Å². The first-order valence-electron chi connectivity index (χ1n) is 9.23. The third-order valence-corrected chi connectivity index (χ3v) is 5.43. The summed E-state index contributed by atoms with van der Waals surface area (Å²) in [6.45, 7) is 4.33. The maximum Gasteiger partial charge on any atom is 0.328 e. The highest BCUT2D eigenvalue weighted by atomic mass is 16.2. The quantitative estimate of drug-likeness (QED) is 0.815. The highest BCUT2D eigenvalue weighted by molar-refractivity contribution is 5.79.